The third-order valence-corrected chi connectivity index (χ3v) is 8.88. The second-order valence-electron chi connectivity index (χ2n) is 9.42. The van der Waals surface area contributed by atoms with Crippen molar-refractivity contribution in [3.63, 3.8) is 0 Å². The van der Waals surface area contributed by atoms with Crippen molar-refractivity contribution in [3.8, 4) is 0 Å². The van der Waals surface area contributed by atoms with Gasteiger partial charge in [-0.25, -0.2) is 0 Å². The molecule has 0 aromatic carbocycles. The first kappa shape index (κ1) is 15.0. The highest BCUT2D eigenvalue weighted by Crippen LogP contribution is 2.67. The van der Waals surface area contributed by atoms with Crippen molar-refractivity contribution >= 4 is 5.97 Å². The molecule has 2 unspecified atom stereocenters. The zero-order chi connectivity index (χ0) is 15.5. The molecule has 0 aromatic rings. The summed E-state index contributed by atoms with van der Waals surface area (Å²) < 4.78 is 0. The van der Waals surface area contributed by atoms with E-state index in [4.69, 9.17) is 0 Å². The number of carbonyl (C=O) groups is 1. The summed E-state index contributed by atoms with van der Waals surface area (Å²) in [6, 6.07) is 0. The van der Waals surface area contributed by atoms with E-state index in [1.54, 1.807) is 0 Å². The van der Waals surface area contributed by atoms with Gasteiger partial charge in [0.25, 0.3) is 0 Å². The molecule has 4 aliphatic rings. The van der Waals surface area contributed by atoms with E-state index >= 15 is 0 Å². The fraction of sp³-hybridized carbons (Fsp3) is 0.950. The predicted octanol–water partition coefficient (Wildman–Crippen LogP) is 5.12. The van der Waals surface area contributed by atoms with Crippen LogP contribution in [0.1, 0.15) is 78.1 Å². The zero-order valence-electron chi connectivity index (χ0n) is 14.3. The summed E-state index contributed by atoms with van der Waals surface area (Å²) in [5, 5.41) is 9.65. The Kier molecular flexibility index (Phi) is 3.40. The highest BCUT2D eigenvalue weighted by atomic mass is 16.4. The molecule has 124 valence electrons. The molecular formula is C20H32O2. The van der Waals surface area contributed by atoms with Crippen LogP contribution in [0, 0.1) is 40.4 Å². The quantitative estimate of drug-likeness (QED) is 0.730. The van der Waals surface area contributed by atoms with Gasteiger partial charge in [-0.05, 0) is 85.9 Å². The van der Waals surface area contributed by atoms with Gasteiger partial charge in [0, 0.05) is 0 Å². The molecule has 0 spiro atoms. The average molecular weight is 304 g/mol. The monoisotopic (exact) mass is 304 g/mol. The lowest BCUT2D eigenvalue weighted by molar-refractivity contribution is -0.152. The normalized spacial score (nSPS) is 54.2. The van der Waals surface area contributed by atoms with Gasteiger partial charge in [0.2, 0.25) is 0 Å². The molecule has 4 aliphatic carbocycles. The van der Waals surface area contributed by atoms with E-state index in [0.29, 0.717) is 11.3 Å². The highest BCUT2D eigenvalue weighted by Gasteiger charge is 2.60. The van der Waals surface area contributed by atoms with Crippen LogP contribution in [0.5, 0.6) is 0 Å². The Morgan fingerprint density at radius 1 is 0.864 bits per heavy atom. The maximum absolute atomic E-state index is 11.7. The summed E-state index contributed by atoms with van der Waals surface area (Å²) in [7, 11) is 0. The summed E-state index contributed by atoms with van der Waals surface area (Å²) in [6.07, 6.45) is 13.1. The van der Waals surface area contributed by atoms with E-state index in [1.807, 2.05) is 0 Å². The minimum absolute atomic E-state index is 0.0738. The maximum Gasteiger partial charge on any atom is 0.307 e. The molecule has 0 heterocycles. The number of hydrogen-bond donors (Lipinski definition) is 1. The summed E-state index contributed by atoms with van der Waals surface area (Å²) >= 11 is 0. The van der Waals surface area contributed by atoms with E-state index < -0.39 is 5.97 Å². The van der Waals surface area contributed by atoms with Crippen molar-refractivity contribution < 1.29 is 9.90 Å². The molecule has 4 saturated carbocycles. The molecule has 7 atom stereocenters. The molecule has 0 radical (unpaired) electrons. The molecule has 4 rings (SSSR count). The SMILES string of the molecule is C[C@]12CCCCC1CC[C@@H]1[C@H]2CC[C@]2(C)C(C(=O)O)CC[C@@H]12. The van der Waals surface area contributed by atoms with Crippen molar-refractivity contribution in [2.75, 3.05) is 0 Å². The summed E-state index contributed by atoms with van der Waals surface area (Å²) in [6.45, 7) is 4.91. The van der Waals surface area contributed by atoms with Gasteiger partial charge in [-0.15, -0.1) is 0 Å². The second kappa shape index (κ2) is 4.98. The van der Waals surface area contributed by atoms with Crippen LogP contribution in [0.25, 0.3) is 0 Å². The van der Waals surface area contributed by atoms with Crippen molar-refractivity contribution in [2.24, 2.45) is 40.4 Å². The van der Waals surface area contributed by atoms with Crippen LogP contribution in [-0.2, 0) is 4.79 Å². The summed E-state index contributed by atoms with van der Waals surface area (Å²) in [4.78, 5) is 11.7. The molecule has 0 amide bonds. The maximum atomic E-state index is 11.7. The number of fused-ring (bicyclic) bond motifs is 5. The van der Waals surface area contributed by atoms with E-state index in [0.717, 1.165) is 30.6 Å². The van der Waals surface area contributed by atoms with Gasteiger partial charge in [0.05, 0.1) is 5.92 Å². The number of rotatable bonds is 1. The predicted molar refractivity (Wildman–Crippen MR) is 87.5 cm³/mol. The lowest BCUT2D eigenvalue weighted by Crippen LogP contribution is -2.53. The van der Waals surface area contributed by atoms with E-state index in [9.17, 15) is 9.90 Å². The standard InChI is InChI=1S/C20H32O2/c1-19-11-4-3-5-13(19)6-7-14-15-8-9-17(18(21)22)20(15,2)12-10-16(14)19/h13-17H,3-12H2,1-2H3,(H,21,22)/t13?,14-,15-,16+,17?,19-,20-/m0/s1. The lowest BCUT2D eigenvalue weighted by atomic mass is 9.45. The Morgan fingerprint density at radius 2 is 1.64 bits per heavy atom. The summed E-state index contributed by atoms with van der Waals surface area (Å²) in [5.74, 6) is 2.76. The van der Waals surface area contributed by atoms with Crippen LogP contribution in [0.3, 0.4) is 0 Å². The van der Waals surface area contributed by atoms with E-state index in [-0.39, 0.29) is 11.3 Å². The third kappa shape index (κ3) is 1.88. The summed E-state index contributed by atoms with van der Waals surface area (Å²) in [5.41, 5.74) is 0.661. The van der Waals surface area contributed by atoms with Crippen LogP contribution in [0.15, 0.2) is 0 Å². The molecule has 2 nitrogen and oxygen atoms in total. The van der Waals surface area contributed by atoms with Gasteiger partial charge in [-0.3, -0.25) is 4.79 Å². The first-order valence-corrected chi connectivity index (χ1v) is 9.69. The van der Waals surface area contributed by atoms with Gasteiger partial charge >= 0.3 is 5.97 Å². The average Bonchev–Trinajstić information content (AvgIpc) is 2.84. The van der Waals surface area contributed by atoms with Crippen LogP contribution in [0.2, 0.25) is 0 Å². The minimum Gasteiger partial charge on any atom is -0.481 e. The number of aliphatic carboxylic acids is 1. The fourth-order valence-electron chi connectivity index (χ4n) is 7.70. The Bertz CT molecular complexity index is 472. The molecule has 0 aliphatic heterocycles. The Balaban J connectivity index is 1.63. The van der Waals surface area contributed by atoms with Crippen LogP contribution in [-0.4, -0.2) is 11.1 Å². The third-order valence-electron chi connectivity index (χ3n) is 8.88. The molecule has 22 heavy (non-hydrogen) atoms. The van der Waals surface area contributed by atoms with E-state index in [1.165, 1.54) is 51.4 Å². The van der Waals surface area contributed by atoms with E-state index in [2.05, 4.69) is 13.8 Å². The van der Waals surface area contributed by atoms with Gasteiger partial charge in [-0.1, -0.05) is 26.7 Å². The molecular weight excluding hydrogens is 272 g/mol. The smallest absolute Gasteiger partial charge is 0.307 e. The highest BCUT2D eigenvalue weighted by molar-refractivity contribution is 5.71. The zero-order valence-corrected chi connectivity index (χ0v) is 14.3. The molecule has 1 N–H and O–H groups in total. The molecule has 4 fully saturated rings. The van der Waals surface area contributed by atoms with Crippen molar-refractivity contribution in [3.05, 3.63) is 0 Å². The fourth-order valence-corrected chi connectivity index (χ4v) is 7.70. The Morgan fingerprint density at radius 3 is 2.41 bits per heavy atom. The first-order chi connectivity index (χ1) is 10.5. The Hall–Kier alpha value is -0.530. The van der Waals surface area contributed by atoms with Gasteiger partial charge in [-0.2, -0.15) is 0 Å². The molecule has 0 saturated heterocycles. The van der Waals surface area contributed by atoms with Gasteiger partial charge in [0.1, 0.15) is 0 Å². The van der Waals surface area contributed by atoms with Crippen molar-refractivity contribution in [1.29, 1.82) is 0 Å². The second-order valence-corrected chi connectivity index (χ2v) is 9.42. The lowest BCUT2D eigenvalue weighted by Gasteiger charge is -2.60. The topological polar surface area (TPSA) is 37.3 Å². The van der Waals surface area contributed by atoms with Crippen LogP contribution in [0.4, 0.5) is 0 Å². The van der Waals surface area contributed by atoms with Crippen LogP contribution >= 0.6 is 0 Å². The largest absolute Gasteiger partial charge is 0.481 e. The number of carboxylic acids is 1. The molecule has 0 aromatic heterocycles. The van der Waals surface area contributed by atoms with Crippen molar-refractivity contribution in [2.45, 2.75) is 78.1 Å². The Labute approximate surface area is 135 Å². The van der Waals surface area contributed by atoms with Gasteiger partial charge in [0.15, 0.2) is 0 Å². The van der Waals surface area contributed by atoms with Crippen LogP contribution < -0.4 is 0 Å². The van der Waals surface area contributed by atoms with Crippen molar-refractivity contribution in [1.82, 2.24) is 0 Å². The first-order valence-electron chi connectivity index (χ1n) is 9.69. The molecule has 0 bridgehead atoms. The molecule has 2 heteroatoms. The number of hydrogen-bond acceptors (Lipinski definition) is 1. The minimum atomic E-state index is -0.527. The number of carboxylic acid groups (broad SMARTS) is 1. The van der Waals surface area contributed by atoms with Gasteiger partial charge < -0.3 is 5.11 Å².